The zero-order chi connectivity index (χ0) is 11.0. The predicted octanol–water partition coefficient (Wildman–Crippen LogP) is 2.05. The minimum atomic E-state index is -0.298. The fourth-order valence-electron chi connectivity index (χ4n) is 1.49. The topological polar surface area (TPSA) is 61.4 Å². The normalized spacial score (nSPS) is 19.9. The van der Waals surface area contributed by atoms with Crippen LogP contribution >= 0.6 is 23.2 Å². The monoisotopic (exact) mass is 246 g/mol. The van der Waals surface area contributed by atoms with E-state index >= 15 is 0 Å². The first-order valence-electron chi connectivity index (χ1n) is 4.30. The highest BCUT2D eigenvalue weighted by molar-refractivity contribution is 6.35. The number of urea groups is 1. The van der Waals surface area contributed by atoms with Crippen LogP contribution in [0.5, 0.6) is 5.75 Å². The van der Waals surface area contributed by atoms with Gasteiger partial charge in [0.15, 0.2) is 0 Å². The van der Waals surface area contributed by atoms with E-state index in [0.29, 0.717) is 17.1 Å². The fourth-order valence-corrected chi connectivity index (χ4v) is 2.00. The van der Waals surface area contributed by atoms with Crippen molar-refractivity contribution < 1.29 is 9.90 Å². The second kappa shape index (κ2) is 3.79. The Hall–Kier alpha value is -1.13. The van der Waals surface area contributed by atoms with Crippen molar-refractivity contribution in [3.05, 3.63) is 27.7 Å². The third-order valence-electron chi connectivity index (χ3n) is 2.21. The van der Waals surface area contributed by atoms with Crippen LogP contribution < -0.4 is 10.6 Å². The van der Waals surface area contributed by atoms with E-state index in [0.717, 1.165) is 0 Å². The molecule has 1 atom stereocenters. The number of aromatic hydroxyl groups is 1. The number of phenolic OH excluding ortho intramolecular Hbond substituents is 1. The van der Waals surface area contributed by atoms with E-state index in [2.05, 4.69) is 10.6 Å². The van der Waals surface area contributed by atoms with Gasteiger partial charge in [-0.15, -0.1) is 0 Å². The summed E-state index contributed by atoms with van der Waals surface area (Å²) in [5, 5.41) is 15.5. The van der Waals surface area contributed by atoms with Gasteiger partial charge in [-0.05, 0) is 12.1 Å². The Labute approximate surface area is 96.2 Å². The van der Waals surface area contributed by atoms with Gasteiger partial charge in [-0.25, -0.2) is 4.79 Å². The van der Waals surface area contributed by atoms with Gasteiger partial charge >= 0.3 is 6.03 Å². The van der Waals surface area contributed by atoms with Gasteiger partial charge in [0.05, 0.1) is 11.1 Å². The molecule has 3 N–H and O–H groups in total. The molecule has 4 nitrogen and oxygen atoms in total. The molecule has 1 saturated heterocycles. The third kappa shape index (κ3) is 1.96. The number of rotatable bonds is 1. The van der Waals surface area contributed by atoms with Gasteiger partial charge in [-0.2, -0.15) is 0 Å². The summed E-state index contributed by atoms with van der Waals surface area (Å²) >= 11 is 11.6. The smallest absolute Gasteiger partial charge is 0.315 e. The molecule has 1 aromatic carbocycles. The van der Waals surface area contributed by atoms with Crippen LogP contribution in [0.4, 0.5) is 4.79 Å². The summed E-state index contributed by atoms with van der Waals surface area (Å²) in [7, 11) is 0. The summed E-state index contributed by atoms with van der Waals surface area (Å²) in [6, 6.07) is 2.47. The highest BCUT2D eigenvalue weighted by Crippen LogP contribution is 2.35. The zero-order valence-electron chi connectivity index (χ0n) is 7.55. The van der Waals surface area contributed by atoms with Crippen molar-refractivity contribution in [1.29, 1.82) is 0 Å². The summed E-state index contributed by atoms with van der Waals surface area (Å²) in [6.45, 7) is 0.406. The van der Waals surface area contributed by atoms with Crippen molar-refractivity contribution in [2.75, 3.05) is 6.54 Å². The van der Waals surface area contributed by atoms with E-state index in [1.165, 1.54) is 6.07 Å². The maximum absolute atomic E-state index is 10.9. The highest BCUT2D eigenvalue weighted by atomic mass is 35.5. The minimum absolute atomic E-state index is 0.0462. The first-order chi connectivity index (χ1) is 7.08. The molecule has 0 aliphatic carbocycles. The summed E-state index contributed by atoms with van der Waals surface area (Å²) in [6.07, 6.45) is 0. The van der Waals surface area contributed by atoms with Crippen LogP contribution in [0.3, 0.4) is 0 Å². The lowest BCUT2D eigenvalue weighted by atomic mass is 10.1. The fraction of sp³-hybridized carbons (Fsp3) is 0.222. The quantitative estimate of drug-likeness (QED) is 0.711. The average molecular weight is 247 g/mol. The van der Waals surface area contributed by atoms with Gasteiger partial charge in [0, 0.05) is 17.1 Å². The van der Waals surface area contributed by atoms with Gasteiger partial charge in [0.2, 0.25) is 0 Å². The average Bonchev–Trinajstić information content (AvgIpc) is 2.58. The number of hydrogen-bond acceptors (Lipinski definition) is 2. The van der Waals surface area contributed by atoms with Crippen molar-refractivity contribution in [2.24, 2.45) is 0 Å². The number of benzene rings is 1. The van der Waals surface area contributed by atoms with Gasteiger partial charge in [0.1, 0.15) is 5.75 Å². The van der Waals surface area contributed by atoms with Crippen LogP contribution in [0.1, 0.15) is 11.6 Å². The SMILES string of the molecule is O=C1NC[C@H](c2cc(Cl)cc(Cl)c2O)N1. The number of amides is 2. The number of phenols is 1. The molecule has 2 rings (SSSR count). The lowest BCUT2D eigenvalue weighted by Gasteiger charge is -2.12. The van der Waals surface area contributed by atoms with Crippen LogP contribution in [0.2, 0.25) is 10.0 Å². The number of carbonyl (C=O) groups is 1. The van der Waals surface area contributed by atoms with E-state index in [4.69, 9.17) is 23.2 Å². The Kier molecular flexibility index (Phi) is 2.63. The molecular formula is C9H8Cl2N2O2. The van der Waals surface area contributed by atoms with E-state index in [1.54, 1.807) is 6.07 Å². The molecule has 0 spiro atoms. The molecule has 1 heterocycles. The second-order valence-corrected chi connectivity index (χ2v) is 4.08. The molecule has 1 fully saturated rings. The molecular weight excluding hydrogens is 239 g/mol. The lowest BCUT2D eigenvalue weighted by Crippen LogP contribution is -2.21. The Bertz CT molecular complexity index is 423. The molecule has 0 radical (unpaired) electrons. The van der Waals surface area contributed by atoms with Crippen molar-refractivity contribution in [3.8, 4) is 5.75 Å². The number of halogens is 2. The molecule has 0 bridgehead atoms. The molecule has 0 saturated carbocycles. The Morgan fingerprint density at radius 1 is 1.40 bits per heavy atom. The number of carbonyl (C=O) groups excluding carboxylic acids is 1. The Morgan fingerprint density at radius 2 is 2.13 bits per heavy atom. The molecule has 1 aliphatic rings. The van der Waals surface area contributed by atoms with Crippen LogP contribution in [-0.2, 0) is 0 Å². The van der Waals surface area contributed by atoms with Crippen LogP contribution in [-0.4, -0.2) is 17.7 Å². The molecule has 1 aromatic rings. The molecule has 1 aliphatic heterocycles. The molecule has 6 heteroatoms. The van der Waals surface area contributed by atoms with Crippen LogP contribution in [0.25, 0.3) is 0 Å². The van der Waals surface area contributed by atoms with Gasteiger partial charge < -0.3 is 15.7 Å². The first-order valence-corrected chi connectivity index (χ1v) is 5.06. The second-order valence-electron chi connectivity index (χ2n) is 3.23. The summed E-state index contributed by atoms with van der Waals surface area (Å²) in [4.78, 5) is 10.9. The molecule has 0 unspecified atom stereocenters. The summed E-state index contributed by atoms with van der Waals surface area (Å²) in [5.41, 5.74) is 0.519. The van der Waals surface area contributed by atoms with Crippen molar-refractivity contribution in [1.82, 2.24) is 10.6 Å². The van der Waals surface area contributed by atoms with Crippen molar-refractivity contribution in [2.45, 2.75) is 6.04 Å². The van der Waals surface area contributed by atoms with Gasteiger partial charge in [-0.3, -0.25) is 0 Å². The highest BCUT2D eigenvalue weighted by Gasteiger charge is 2.25. The van der Waals surface area contributed by atoms with Gasteiger partial charge in [-0.1, -0.05) is 23.2 Å². The molecule has 80 valence electrons. The van der Waals surface area contributed by atoms with E-state index in [1.807, 2.05) is 0 Å². The van der Waals surface area contributed by atoms with Crippen molar-refractivity contribution >= 4 is 29.2 Å². The van der Waals surface area contributed by atoms with Crippen LogP contribution in [0.15, 0.2) is 12.1 Å². The number of hydrogen-bond donors (Lipinski definition) is 3. The Balaban J connectivity index is 2.39. The molecule has 2 amide bonds. The maximum atomic E-state index is 10.9. The summed E-state index contributed by atoms with van der Waals surface area (Å²) in [5.74, 6) is -0.0462. The maximum Gasteiger partial charge on any atom is 0.315 e. The predicted molar refractivity (Wildman–Crippen MR) is 57.4 cm³/mol. The van der Waals surface area contributed by atoms with E-state index < -0.39 is 0 Å². The van der Waals surface area contributed by atoms with Crippen molar-refractivity contribution in [3.63, 3.8) is 0 Å². The zero-order valence-corrected chi connectivity index (χ0v) is 9.06. The van der Waals surface area contributed by atoms with E-state index in [9.17, 15) is 9.90 Å². The largest absolute Gasteiger partial charge is 0.506 e. The lowest BCUT2D eigenvalue weighted by molar-refractivity contribution is 0.247. The standard InChI is InChI=1S/C9H8Cl2N2O2/c10-4-1-5(8(14)6(11)2-4)7-3-12-9(15)13-7/h1-2,7,14H,3H2,(H2,12,13,15)/t7-/m1/s1. The Morgan fingerprint density at radius 3 is 2.73 bits per heavy atom. The molecule has 0 aromatic heterocycles. The van der Waals surface area contributed by atoms with Gasteiger partial charge in [0.25, 0.3) is 0 Å². The first kappa shape index (κ1) is 10.4. The van der Waals surface area contributed by atoms with E-state index in [-0.39, 0.29) is 22.8 Å². The molecule has 15 heavy (non-hydrogen) atoms. The summed E-state index contributed by atoms with van der Waals surface area (Å²) < 4.78 is 0. The van der Waals surface area contributed by atoms with Crippen LogP contribution in [0, 0.1) is 0 Å². The third-order valence-corrected chi connectivity index (χ3v) is 2.71. The number of nitrogens with one attached hydrogen (secondary N) is 2. The minimum Gasteiger partial charge on any atom is -0.506 e.